The molecule has 2 N–H and O–H groups in total. The molecule has 2 fully saturated rings. The number of urea groups is 1. The molecule has 1 aromatic heterocycles. The molecule has 0 atom stereocenters. The van der Waals surface area contributed by atoms with Crippen molar-refractivity contribution in [2.45, 2.75) is 69.1 Å². The summed E-state index contributed by atoms with van der Waals surface area (Å²) >= 11 is 1.15. The molecule has 26 heavy (non-hydrogen) atoms. The van der Waals surface area contributed by atoms with Gasteiger partial charge in [-0.2, -0.15) is 5.01 Å². The molecule has 2 aliphatic rings. The molecule has 1 saturated heterocycles. The van der Waals surface area contributed by atoms with Gasteiger partial charge in [0.15, 0.2) is 0 Å². The standard InChI is InChI=1S/C15H23N7O3S/c1-14(2,3)22-13(17-19-20-22)26-9-10(23)18-21-11(24)15(16-12(21)25)7-5-4-6-8-15/h4-9H2,1-3H3,(H,16,25)(H,18,23). The van der Waals surface area contributed by atoms with E-state index in [1.807, 2.05) is 20.8 Å². The molecule has 1 saturated carbocycles. The number of thioether (sulfide) groups is 1. The van der Waals surface area contributed by atoms with Crippen LogP contribution in [-0.2, 0) is 15.1 Å². The molecule has 10 nitrogen and oxygen atoms in total. The second kappa shape index (κ2) is 6.86. The van der Waals surface area contributed by atoms with Crippen molar-refractivity contribution in [3.8, 4) is 0 Å². The number of rotatable bonds is 4. The monoisotopic (exact) mass is 381 g/mol. The van der Waals surface area contributed by atoms with Gasteiger partial charge in [-0.05, 0) is 44.0 Å². The number of amides is 4. The van der Waals surface area contributed by atoms with Crippen LogP contribution in [0.25, 0.3) is 0 Å². The Morgan fingerprint density at radius 2 is 1.96 bits per heavy atom. The van der Waals surface area contributed by atoms with Gasteiger partial charge in [-0.3, -0.25) is 15.0 Å². The van der Waals surface area contributed by atoms with Crippen molar-refractivity contribution in [1.82, 2.24) is 36.0 Å². The average Bonchev–Trinajstić information content (AvgIpc) is 3.13. The van der Waals surface area contributed by atoms with Gasteiger partial charge in [0, 0.05) is 0 Å². The number of carbonyl (C=O) groups is 3. The van der Waals surface area contributed by atoms with E-state index in [4.69, 9.17) is 0 Å². The number of hydrazine groups is 1. The first-order chi connectivity index (χ1) is 12.2. The second-order valence-electron chi connectivity index (χ2n) is 7.58. The van der Waals surface area contributed by atoms with E-state index in [0.717, 1.165) is 36.0 Å². The van der Waals surface area contributed by atoms with Crippen molar-refractivity contribution in [2.24, 2.45) is 0 Å². The highest BCUT2D eigenvalue weighted by atomic mass is 32.2. The van der Waals surface area contributed by atoms with Crippen LogP contribution < -0.4 is 10.7 Å². The maximum absolute atomic E-state index is 12.6. The topological polar surface area (TPSA) is 122 Å². The average molecular weight is 381 g/mol. The number of carbonyl (C=O) groups excluding carboxylic acids is 3. The second-order valence-corrected chi connectivity index (χ2v) is 8.52. The van der Waals surface area contributed by atoms with Gasteiger partial charge in [0.1, 0.15) is 5.54 Å². The van der Waals surface area contributed by atoms with Crippen LogP contribution in [0.15, 0.2) is 5.16 Å². The number of imide groups is 1. The third-order valence-corrected chi connectivity index (χ3v) is 5.43. The Morgan fingerprint density at radius 1 is 1.27 bits per heavy atom. The zero-order valence-electron chi connectivity index (χ0n) is 15.1. The number of hydrogen-bond acceptors (Lipinski definition) is 7. The molecule has 3 rings (SSSR count). The van der Waals surface area contributed by atoms with Crippen LogP contribution in [0.1, 0.15) is 52.9 Å². The van der Waals surface area contributed by atoms with Gasteiger partial charge in [0.05, 0.1) is 11.3 Å². The number of tetrazole rings is 1. The summed E-state index contributed by atoms with van der Waals surface area (Å²) in [5.74, 6) is -0.851. The molecule has 1 aliphatic heterocycles. The number of nitrogens with zero attached hydrogens (tertiary/aromatic N) is 5. The maximum Gasteiger partial charge on any atom is 0.344 e. The first kappa shape index (κ1) is 18.6. The van der Waals surface area contributed by atoms with E-state index in [-0.39, 0.29) is 17.2 Å². The Hall–Kier alpha value is -2.17. The SMILES string of the molecule is CC(C)(C)n1nnnc1SCC(=O)NN1C(=O)NC2(CCCCC2)C1=O. The third kappa shape index (κ3) is 3.53. The van der Waals surface area contributed by atoms with Crippen molar-refractivity contribution in [3.63, 3.8) is 0 Å². The fourth-order valence-electron chi connectivity index (χ4n) is 3.19. The predicted octanol–water partition coefficient (Wildman–Crippen LogP) is 0.806. The summed E-state index contributed by atoms with van der Waals surface area (Å²) in [6.07, 6.45) is 4.05. The predicted molar refractivity (Wildman–Crippen MR) is 92.9 cm³/mol. The van der Waals surface area contributed by atoms with Gasteiger partial charge in [-0.15, -0.1) is 5.10 Å². The van der Waals surface area contributed by atoms with Gasteiger partial charge >= 0.3 is 6.03 Å². The van der Waals surface area contributed by atoms with Crippen LogP contribution in [0.4, 0.5) is 4.79 Å². The highest BCUT2D eigenvalue weighted by molar-refractivity contribution is 7.99. The van der Waals surface area contributed by atoms with Gasteiger partial charge < -0.3 is 5.32 Å². The highest BCUT2D eigenvalue weighted by Gasteiger charge is 2.52. The van der Waals surface area contributed by atoms with Crippen LogP contribution in [0, 0.1) is 0 Å². The number of hydrogen-bond donors (Lipinski definition) is 2. The van der Waals surface area contributed by atoms with E-state index < -0.39 is 17.5 Å². The molecule has 1 aliphatic carbocycles. The third-order valence-electron chi connectivity index (χ3n) is 4.51. The van der Waals surface area contributed by atoms with Crippen LogP contribution in [0.2, 0.25) is 0 Å². The maximum atomic E-state index is 12.6. The minimum Gasteiger partial charge on any atom is -0.322 e. The van der Waals surface area contributed by atoms with E-state index in [9.17, 15) is 14.4 Å². The lowest BCUT2D eigenvalue weighted by Gasteiger charge is -2.30. The van der Waals surface area contributed by atoms with E-state index in [0.29, 0.717) is 18.0 Å². The molecule has 142 valence electrons. The Balaban J connectivity index is 1.59. The van der Waals surface area contributed by atoms with Crippen molar-refractivity contribution in [3.05, 3.63) is 0 Å². The highest BCUT2D eigenvalue weighted by Crippen LogP contribution is 2.33. The van der Waals surface area contributed by atoms with Gasteiger partial charge in [0.25, 0.3) is 5.91 Å². The lowest BCUT2D eigenvalue weighted by molar-refractivity contribution is -0.139. The lowest BCUT2D eigenvalue weighted by atomic mass is 9.82. The van der Waals surface area contributed by atoms with Crippen molar-refractivity contribution in [2.75, 3.05) is 5.75 Å². The zero-order chi connectivity index (χ0) is 18.9. The molecule has 0 bridgehead atoms. The van der Waals surface area contributed by atoms with Gasteiger partial charge in [-0.1, -0.05) is 31.0 Å². The quantitative estimate of drug-likeness (QED) is 0.584. The summed E-state index contributed by atoms with van der Waals surface area (Å²) in [7, 11) is 0. The minimum atomic E-state index is -0.855. The van der Waals surface area contributed by atoms with Crippen molar-refractivity contribution in [1.29, 1.82) is 0 Å². The van der Waals surface area contributed by atoms with Crippen LogP contribution in [0.3, 0.4) is 0 Å². The fourth-order valence-corrected chi connectivity index (χ4v) is 4.04. The molecule has 11 heteroatoms. The van der Waals surface area contributed by atoms with E-state index in [1.54, 1.807) is 4.68 Å². The lowest BCUT2D eigenvalue weighted by Crippen LogP contribution is -2.51. The van der Waals surface area contributed by atoms with Gasteiger partial charge in [0.2, 0.25) is 11.1 Å². The minimum absolute atomic E-state index is 0.0134. The van der Waals surface area contributed by atoms with Gasteiger partial charge in [-0.25, -0.2) is 9.48 Å². The molecule has 1 aromatic rings. The van der Waals surface area contributed by atoms with E-state index in [2.05, 4.69) is 26.3 Å². The van der Waals surface area contributed by atoms with Crippen LogP contribution >= 0.6 is 11.8 Å². The smallest absolute Gasteiger partial charge is 0.322 e. The first-order valence-electron chi connectivity index (χ1n) is 8.61. The molecule has 0 radical (unpaired) electrons. The summed E-state index contributed by atoms with van der Waals surface area (Å²) in [4.78, 5) is 37.0. The van der Waals surface area contributed by atoms with E-state index in [1.165, 1.54) is 0 Å². The largest absolute Gasteiger partial charge is 0.344 e. The van der Waals surface area contributed by atoms with Crippen LogP contribution in [-0.4, -0.2) is 54.4 Å². The Bertz CT molecular complexity index is 721. The van der Waals surface area contributed by atoms with Crippen LogP contribution in [0.5, 0.6) is 0 Å². The summed E-state index contributed by atoms with van der Waals surface area (Å²) in [5, 5.41) is 15.5. The molecular weight excluding hydrogens is 358 g/mol. The molecular formula is C15H23N7O3S. The molecule has 1 spiro atoms. The number of nitrogens with one attached hydrogen (secondary N) is 2. The summed E-state index contributed by atoms with van der Waals surface area (Å²) in [6.45, 7) is 5.85. The Morgan fingerprint density at radius 3 is 2.62 bits per heavy atom. The summed E-state index contributed by atoms with van der Waals surface area (Å²) in [6, 6.07) is -0.574. The molecule has 4 amide bonds. The summed E-state index contributed by atoms with van der Waals surface area (Å²) in [5.41, 5.74) is 1.23. The first-order valence-corrected chi connectivity index (χ1v) is 9.59. The molecule has 2 heterocycles. The Labute approximate surface area is 155 Å². The van der Waals surface area contributed by atoms with Crippen molar-refractivity contribution < 1.29 is 14.4 Å². The van der Waals surface area contributed by atoms with Crippen molar-refractivity contribution >= 4 is 29.6 Å². The molecule has 0 unspecified atom stereocenters. The van der Waals surface area contributed by atoms with E-state index >= 15 is 0 Å². The zero-order valence-corrected chi connectivity index (χ0v) is 15.9. The molecule has 0 aromatic carbocycles. The Kier molecular flexibility index (Phi) is 4.91. The fraction of sp³-hybridized carbons (Fsp3) is 0.733. The normalized spacial score (nSPS) is 19.7. The number of aromatic nitrogens is 4. The summed E-state index contributed by atoms with van der Waals surface area (Å²) < 4.78 is 1.62.